The quantitative estimate of drug-likeness (QED) is 0.624. The van der Waals surface area contributed by atoms with Crippen molar-refractivity contribution in [1.82, 2.24) is 5.32 Å². The Balaban J connectivity index is 2.47. The van der Waals surface area contributed by atoms with Gasteiger partial charge >= 0.3 is 5.97 Å². The van der Waals surface area contributed by atoms with Gasteiger partial charge in [-0.2, -0.15) is 0 Å². The third kappa shape index (κ3) is 5.12. The molecule has 1 aliphatic rings. The molecule has 0 spiro atoms. The molecule has 1 amide bonds. The van der Waals surface area contributed by atoms with Crippen LogP contribution in [-0.4, -0.2) is 29.6 Å². The number of hydrogen-bond donors (Lipinski definition) is 3. The van der Waals surface area contributed by atoms with Gasteiger partial charge < -0.3 is 16.2 Å². The molecule has 1 atom stereocenters. The molecule has 0 aliphatic heterocycles. The van der Waals surface area contributed by atoms with Crippen LogP contribution in [-0.2, 0) is 9.59 Å². The molecule has 0 heterocycles. The van der Waals surface area contributed by atoms with Crippen molar-refractivity contribution in [2.75, 3.05) is 6.54 Å². The van der Waals surface area contributed by atoms with Gasteiger partial charge in [0.15, 0.2) is 0 Å². The Hall–Kier alpha value is -1.10. The zero-order valence-corrected chi connectivity index (χ0v) is 12.5. The van der Waals surface area contributed by atoms with E-state index in [2.05, 4.69) is 5.32 Å². The van der Waals surface area contributed by atoms with E-state index in [1.807, 2.05) is 6.92 Å². The first kappa shape index (κ1) is 17.0. The summed E-state index contributed by atoms with van der Waals surface area (Å²) < 4.78 is 0. The van der Waals surface area contributed by atoms with E-state index in [0.29, 0.717) is 19.4 Å². The summed E-state index contributed by atoms with van der Waals surface area (Å²) in [6.45, 7) is 2.33. The molecule has 1 unspecified atom stereocenters. The lowest BCUT2D eigenvalue weighted by Gasteiger charge is -2.31. The van der Waals surface area contributed by atoms with Gasteiger partial charge in [0.1, 0.15) is 0 Å². The molecule has 0 radical (unpaired) electrons. The molecular weight excluding hydrogens is 256 g/mol. The van der Waals surface area contributed by atoms with E-state index in [9.17, 15) is 9.59 Å². The molecule has 5 heteroatoms. The summed E-state index contributed by atoms with van der Waals surface area (Å²) in [7, 11) is 0. The lowest BCUT2D eigenvalue weighted by Crippen LogP contribution is -2.48. The van der Waals surface area contributed by atoms with Crippen molar-refractivity contribution in [1.29, 1.82) is 0 Å². The molecule has 1 fully saturated rings. The Kier molecular flexibility index (Phi) is 6.99. The van der Waals surface area contributed by atoms with Gasteiger partial charge in [-0.05, 0) is 32.6 Å². The predicted molar refractivity (Wildman–Crippen MR) is 78.3 cm³/mol. The average Bonchev–Trinajstić information content (AvgIpc) is 2.64. The van der Waals surface area contributed by atoms with Gasteiger partial charge in [-0.3, -0.25) is 9.59 Å². The Labute approximate surface area is 121 Å². The summed E-state index contributed by atoms with van der Waals surface area (Å²) in [6.07, 6.45) is 7.68. The fourth-order valence-electron chi connectivity index (χ4n) is 2.94. The van der Waals surface area contributed by atoms with E-state index >= 15 is 0 Å². The minimum Gasteiger partial charge on any atom is -0.481 e. The molecule has 0 bridgehead atoms. The minimum atomic E-state index is -0.786. The molecule has 1 saturated carbocycles. The number of carboxylic acids is 1. The second-order valence-corrected chi connectivity index (χ2v) is 6.06. The molecule has 116 valence electrons. The van der Waals surface area contributed by atoms with Gasteiger partial charge in [0.05, 0.1) is 5.41 Å². The maximum Gasteiger partial charge on any atom is 0.303 e. The highest BCUT2D eigenvalue weighted by Crippen LogP contribution is 2.34. The predicted octanol–water partition coefficient (Wildman–Crippen LogP) is 2.05. The first-order valence-corrected chi connectivity index (χ1v) is 7.73. The summed E-state index contributed by atoms with van der Waals surface area (Å²) in [5.74, 6) is -0.726. The van der Waals surface area contributed by atoms with Crippen LogP contribution < -0.4 is 11.1 Å². The van der Waals surface area contributed by atoms with Crippen LogP contribution in [0.15, 0.2) is 0 Å². The van der Waals surface area contributed by atoms with Gasteiger partial charge in [0.25, 0.3) is 0 Å². The molecule has 1 rings (SSSR count). The standard InChI is InChI=1S/C15H28N2O3/c1-12(7-6-8-13(18)19)17-14(20)15(11-16)9-4-2-3-5-10-15/h12H,2-11,16H2,1H3,(H,17,20)(H,18,19). The minimum absolute atomic E-state index is 0.00790. The molecule has 4 N–H and O–H groups in total. The second kappa shape index (κ2) is 8.25. The smallest absolute Gasteiger partial charge is 0.303 e. The molecule has 0 saturated heterocycles. The number of nitrogens with one attached hydrogen (secondary N) is 1. The summed E-state index contributed by atoms with van der Waals surface area (Å²) in [5, 5.41) is 11.6. The number of rotatable bonds is 7. The number of carboxylic acid groups (broad SMARTS) is 1. The molecule has 5 nitrogen and oxygen atoms in total. The third-order valence-corrected chi connectivity index (χ3v) is 4.34. The van der Waals surface area contributed by atoms with Gasteiger partial charge in [-0.15, -0.1) is 0 Å². The van der Waals surface area contributed by atoms with Crippen molar-refractivity contribution in [3.05, 3.63) is 0 Å². The topological polar surface area (TPSA) is 92.4 Å². The maximum atomic E-state index is 12.5. The summed E-state index contributed by atoms with van der Waals surface area (Å²) in [4.78, 5) is 23.0. The Morgan fingerprint density at radius 3 is 2.35 bits per heavy atom. The van der Waals surface area contributed by atoms with E-state index in [1.54, 1.807) is 0 Å². The first-order valence-electron chi connectivity index (χ1n) is 7.73. The fraction of sp³-hybridized carbons (Fsp3) is 0.867. The SMILES string of the molecule is CC(CCCC(=O)O)NC(=O)C1(CN)CCCCCC1. The fourth-order valence-corrected chi connectivity index (χ4v) is 2.94. The van der Waals surface area contributed by atoms with E-state index in [4.69, 9.17) is 10.8 Å². The third-order valence-electron chi connectivity index (χ3n) is 4.34. The van der Waals surface area contributed by atoms with Crippen LogP contribution >= 0.6 is 0 Å². The van der Waals surface area contributed by atoms with E-state index in [-0.39, 0.29) is 18.4 Å². The lowest BCUT2D eigenvalue weighted by molar-refractivity contribution is -0.137. The molecule has 0 aromatic heterocycles. The zero-order valence-electron chi connectivity index (χ0n) is 12.5. The molecule has 20 heavy (non-hydrogen) atoms. The van der Waals surface area contributed by atoms with Crippen molar-refractivity contribution in [3.63, 3.8) is 0 Å². The van der Waals surface area contributed by atoms with Crippen molar-refractivity contribution < 1.29 is 14.7 Å². The Morgan fingerprint density at radius 1 is 1.25 bits per heavy atom. The number of hydrogen-bond acceptors (Lipinski definition) is 3. The van der Waals surface area contributed by atoms with E-state index in [0.717, 1.165) is 25.7 Å². The van der Waals surface area contributed by atoms with Crippen LogP contribution in [0, 0.1) is 5.41 Å². The van der Waals surface area contributed by atoms with Crippen LogP contribution in [0.2, 0.25) is 0 Å². The molecule has 0 aromatic carbocycles. The van der Waals surface area contributed by atoms with Crippen LogP contribution in [0.3, 0.4) is 0 Å². The van der Waals surface area contributed by atoms with E-state index in [1.165, 1.54) is 12.8 Å². The number of amides is 1. The van der Waals surface area contributed by atoms with Crippen molar-refractivity contribution in [3.8, 4) is 0 Å². The van der Waals surface area contributed by atoms with E-state index < -0.39 is 11.4 Å². The van der Waals surface area contributed by atoms with Crippen molar-refractivity contribution in [2.24, 2.45) is 11.1 Å². The highest BCUT2D eigenvalue weighted by atomic mass is 16.4. The van der Waals surface area contributed by atoms with Gasteiger partial charge in [-0.25, -0.2) is 0 Å². The summed E-state index contributed by atoms with van der Waals surface area (Å²) >= 11 is 0. The van der Waals surface area contributed by atoms with Crippen LogP contribution in [0.1, 0.15) is 64.7 Å². The molecule has 1 aliphatic carbocycles. The second-order valence-electron chi connectivity index (χ2n) is 6.06. The van der Waals surface area contributed by atoms with Gasteiger partial charge in [-0.1, -0.05) is 25.7 Å². The van der Waals surface area contributed by atoms with Crippen molar-refractivity contribution in [2.45, 2.75) is 70.8 Å². The van der Waals surface area contributed by atoms with Crippen LogP contribution in [0.5, 0.6) is 0 Å². The monoisotopic (exact) mass is 284 g/mol. The lowest BCUT2D eigenvalue weighted by atomic mass is 9.79. The maximum absolute atomic E-state index is 12.5. The van der Waals surface area contributed by atoms with Gasteiger partial charge in [0.2, 0.25) is 5.91 Å². The zero-order chi connectivity index (χ0) is 15.0. The van der Waals surface area contributed by atoms with Crippen LogP contribution in [0.4, 0.5) is 0 Å². The largest absolute Gasteiger partial charge is 0.481 e. The average molecular weight is 284 g/mol. The summed E-state index contributed by atoms with van der Waals surface area (Å²) in [5.41, 5.74) is 5.48. The molecule has 0 aromatic rings. The first-order chi connectivity index (χ1) is 9.50. The molecular formula is C15H28N2O3. The normalized spacial score (nSPS) is 19.9. The highest BCUT2D eigenvalue weighted by Gasteiger charge is 2.37. The summed E-state index contributed by atoms with van der Waals surface area (Å²) in [6, 6.07) is 0.00790. The Morgan fingerprint density at radius 2 is 1.85 bits per heavy atom. The van der Waals surface area contributed by atoms with Gasteiger partial charge in [0, 0.05) is 19.0 Å². The van der Waals surface area contributed by atoms with Crippen LogP contribution in [0.25, 0.3) is 0 Å². The number of carbonyl (C=O) groups is 2. The number of nitrogens with two attached hydrogens (primary N) is 1. The Bertz CT molecular complexity index is 323. The highest BCUT2D eigenvalue weighted by molar-refractivity contribution is 5.83. The van der Waals surface area contributed by atoms with Crippen molar-refractivity contribution >= 4 is 11.9 Å². The number of carbonyl (C=O) groups excluding carboxylic acids is 1. The number of aliphatic carboxylic acids is 1.